The van der Waals surface area contributed by atoms with E-state index in [9.17, 15) is 0 Å². The Morgan fingerprint density at radius 3 is 2.69 bits per heavy atom. The molecule has 2 aromatic rings. The number of rotatable bonds is 2. The predicted molar refractivity (Wildman–Crippen MR) is 64.4 cm³/mol. The third-order valence-corrected chi connectivity index (χ3v) is 2.14. The zero-order valence-electron chi connectivity index (χ0n) is 8.54. The molecule has 0 spiro atoms. The molecule has 0 saturated heterocycles. The van der Waals surface area contributed by atoms with E-state index in [0.717, 1.165) is 11.0 Å². The lowest BCUT2D eigenvalue weighted by Crippen LogP contribution is -1.97. The molecule has 0 bridgehead atoms. The van der Waals surface area contributed by atoms with Crippen LogP contribution in [0.5, 0.6) is 0 Å². The summed E-state index contributed by atoms with van der Waals surface area (Å²) in [7, 11) is 0. The lowest BCUT2D eigenvalue weighted by Gasteiger charge is -2.01. The molecular weight excluding hydrogens is 202 g/mol. The Balaban J connectivity index is 2.54. The first-order valence-corrected chi connectivity index (χ1v) is 4.72. The SMILES string of the molecule is NC=C(C=NN)c1cnc2ccccc2n1. The second-order valence-electron chi connectivity index (χ2n) is 3.14. The van der Waals surface area contributed by atoms with Crippen molar-refractivity contribution in [2.45, 2.75) is 0 Å². The van der Waals surface area contributed by atoms with Crippen LogP contribution in [-0.4, -0.2) is 16.2 Å². The van der Waals surface area contributed by atoms with Crippen molar-refractivity contribution < 1.29 is 0 Å². The molecule has 0 unspecified atom stereocenters. The second-order valence-corrected chi connectivity index (χ2v) is 3.14. The molecule has 1 aromatic carbocycles. The van der Waals surface area contributed by atoms with E-state index < -0.39 is 0 Å². The van der Waals surface area contributed by atoms with Crippen LogP contribution >= 0.6 is 0 Å². The molecule has 16 heavy (non-hydrogen) atoms. The van der Waals surface area contributed by atoms with Crippen molar-refractivity contribution in [2.75, 3.05) is 0 Å². The Morgan fingerprint density at radius 1 is 1.25 bits per heavy atom. The molecule has 0 aliphatic carbocycles. The largest absolute Gasteiger partial charge is 0.404 e. The van der Waals surface area contributed by atoms with Crippen LogP contribution in [0, 0.1) is 0 Å². The summed E-state index contributed by atoms with van der Waals surface area (Å²) in [6.07, 6.45) is 4.48. The molecule has 80 valence electrons. The first-order valence-electron chi connectivity index (χ1n) is 4.72. The van der Waals surface area contributed by atoms with Crippen LogP contribution in [0.25, 0.3) is 16.6 Å². The van der Waals surface area contributed by atoms with Gasteiger partial charge in [0.1, 0.15) is 0 Å². The van der Waals surface area contributed by atoms with Gasteiger partial charge in [0.2, 0.25) is 0 Å². The molecule has 5 heteroatoms. The van der Waals surface area contributed by atoms with Crippen LogP contribution in [0.4, 0.5) is 0 Å². The van der Waals surface area contributed by atoms with Gasteiger partial charge in [-0.2, -0.15) is 5.10 Å². The summed E-state index contributed by atoms with van der Waals surface area (Å²) >= 11 is 0. The maximum Gasteiger partial charge on any atom is 0.0923 e. The summed E-state index contributed by atoms with van der Waals surface area (Å²) in [5.74, 6) is 5.08. The topological polar surface area (TPSA) is 90.2 Å². The highest BCUT2D eigenvalue weighted by Gasteiger charge is 2.02. The van der Waals surface area contributed by atoms with Gasteiger partial charge in [0, 0.05) is 11.8 Å². The number of allylic oxidation sites excluding steroid dienone is 1. The van der Waals surface area contributed by atoms with Crippen LogP contribution in [0.1, 0.15) is 5.69 Å². The number of fused-ring (bicyclic) bond motifs is 1. The minimum Gasteiger partial charge on any atom is -0.404 e. The molecule has 5 nitrogen and oxygen atoms in total. The van der Waals surface area contributed by atoms with Crippen molar-refractivity contribution in [1.82, 2.24) is 9.97 Å². The Kier molecular flexibility index (Phi) is 2.77. The molecule has 0 atom stereocenters. The third kappa shape index (κ3) is 1.83. The Morgan fingerprint density at radius 2 is 2.00 bits per heavy atom. The molecule has 0 amide bonds. The smallest absolute Gasteiger partial charge is 0.0923 e. The minimum atomic E-state index is 0.640. The van der Waals surface area contributed by atoms with Gasteiger partial charge in [-0.25, -0.2) is 4.98 Å². The summed E-state index contributed by atoms with van der Waals surface area (Å²) in [4.78, 5) is 8.68. The highest BCUT2D eigenvalue weighted by molar-refractivity contribution is 6.08. The van der Waals surface area contributed by atoms with Gasteiger partial charge < -0.3 is 11.6 Å². The Bertz CT molecular complexity index is 559. The number of nitrogens with zero attached hydrogens (tertiary/aromatic N) is 3. The molecule has 0 saturated carbocycles. The van der Waals surface area contributed by atoms with E-state index in [1.54, 1.807) is 6.20 Å². The first-order chi connectivity index (χ1) is 7.85. The van der Waals surface area contributed by atoms with E-state index in [4.69, 9.17) is 11.6 Å². The fourth-order valence-corrected chi connectivity index (χ4v) is 1.37. The number of benzene rings is 1. The average molecular weight is 213 g/mol. The highest BCUT2D eigenvalue weighted by atomic mass is 15.1. The van der Waals surface area contributed by atoms with Crippen LogP contribution < -0.4 is 11.6 Å². The standard InChI is InChI=1S/C11H11N5/c12-5-8(6-15-13)11-7-14-9-3-1-2-4-10(9)16-11/h1-7H,12-13H2. The highest BCUT2D eigenvalue weighted by Crippen LogP contribution is 2.12. The summed E-state index contributed by atoms with van der Waals surface area (Å²) in [6.45, 7) is 0. The number of nitrogens with two attached hydrogens (primary N) is 2. The monoisotopic (exact) mass is 213 g/mol. The number of para-hydroxylation sites is 2. The Labute approximate surface area is 92.5 Å². The van der Waals surface area contributed by atoms with E-state index in [0.29, 0.717) is 11.3 Å². The van der Waals surface area contributed by atoms with Crippen molar-refractivity contribution in [3.63, 3.8) is 0 Å². The van der Waals surface area contributed by atoms with Gasteiger partial charge in [0.25, 0.3) is 0 Å². The molecule has 4 N–H and O–H groups in total. The molecule has 0 radical (unpaired) electrons. The first kappa shape index (κ1) is 10.1. The number of hydrogen-bond donors (Lipinski definition) is 2. The molecule has 0 aliphatic heterocycles. The van der Waals surface area contributed by atoms with Crippen LogP contribution in [-0.2, 0) is 0 Å². The summed E-state index contributed by atoms with van der Waals surface area (Å²) in [5, 5.41) is 3.42. The van der Waals surface area contributed by atoms with Crippen LogP contribution in [0.15, 0.2) is 41.8 Å². The van der Waals surface area contributed by atoms with E-state index in [1.165, 1.54) is 12.4 Å². The van der Waals surface area contributed by atoms with Gasteiger partial charge in [-0.15, -0.1) is 0 Å². The quantitative estimate of drug-likeness (QED) is 0.440. The fourth-order valence-electron chi connectivity index (χ4n) is 1.37. The molecule has 1 aromatic heterocycles. The maximum atomic E-state index is 5.46. The van der Waals surface area contributed by atoms with Gasteiger partial charge in [0.15, 0.2) is 0 Å². The summed E-state index contributed by atoms with van der Waals surface area (Å²) < 4.78 is 0. The zero-order chi connectivity index (χ0) is 11.4. The third-order valence-electron chi connectivity index (χ3n) is 2.14. The molecule has 0 fully saturated rings. The van der Waals surface area contributed by atoms with Crippen molar-refractivity contribution in [1.29, 1.82) is 0 Å². The van der Waals surface area contributed by atoms with E-state index in [-0.39, 0.29) is 0 Å². The lowest BCUT2D eigenvalue weighted by atomic mass is 10.2. The average Bonchev–Trinajstić information content (AvgIpc) is 2.35. The van der Waals surface area contributed by atoms with E-state index in [2.05, 4.69) is 15.1 Å². The van der Waals surface area contributed by atoms with Gasteiger partial charge in [0.05, 0.1) is 29.1 Å². The second kappa shape index (κ2) is 4.39. The summed E-state index contributed by atoms with van der Waals surface area (Å²) in [5.41, 5.74) is 8.40. The lowest BCUT2D eigenvalue weighted by molar-refractivity contribution is 1.24. The predicted octanol–water partition coefficient (Wildman–Crippen LogP) is 0.874. The molecular formula is C11H11N5. The maximum absolute atomic E-state index is 5.46. The van der Waals surface area contributed by atoms with Gasteiger partial charge in [-0.05, 0) is 12.1 Å². The fraction of sp³-hybridized carbons (Fsp3) is 0. The van der Waals surface area contributed by atoms with Crippen molar-refractivity contribution >= 4 is 22.8 Å². The van der Waals surface area contributed by atoms with Crippen molar-refractivity contribution in [3.05, 3.63) is 42.4 Å². The number of hydrogen-bond acceptors (Lipinski definition) is 5. The number of hydrazone groups is 1. The molecule has 0 aliphatic rings. The number of aromatic nitrogens is 2. The minimum absolute atomic E-state index is 0.640. The van der Waals surface area contributed by atoms with E-state index in [1.807, 2.05) is 24.3 Å². The molecule has 1 heterocycles. The normalized spacial score (nSPS) is 12.4. The molecule has 2 rings (SSSR count). The van der Waals surface area contributed by atoms with Crippen molar-refractivity contribution in [2.24, 2.45) is 16.7 Å². The van der Waals surface area contributed by atoms with Crippen LogP contribution in [0.2, 0.25) is 0 Å². The van der Waals surface area contributed by atoms with Gasteiger partial charge in [-0.1, -0.05) is 12.1 Å². The van der Waals surface area contributed by atoms with Crippen LogP contribution in [0.3, 0.4) is 0 Å². The van der Waals surface area contributed by atoms with Gasteiger partial charge in [-0.3, -0.25) is 4.98 Å². The van der Waals surface area contributed by atoms with Crippen molar-refractivity contribution in [3.8, 4) is 0 Å². The van der Waals surface area contributed by atoms with Gasteiger partial charge >= 0.3 is 0 Å². The Hall–Kier alpha value is -2.43. The van der Waals surface area contributed by atoms with E-state index >= 15 is 0 Å². The summed E-state index contributed by atoms with van der Waals surface area (Å²) in [6, 6.07) is 7.61. The zero-order valence-corrected chi connectivity index (χ0v) is 8.54.